The molecule has 26 heavy (non-hydrogen) atoms. The first-order valence-electron chi connectivity index (χ1n) is 7.80. The van der Waals surface area contributed by atoms with Crippen LogP contribution in [-0.4, -0.2) is 41.6 Å². The van der Waals surface area contributed by atoms with Gasteiger partial charge in [0, 0.05) is 23.7 Å². The van der Waals surface area contributed by atoms with Gasteiger partial charge in [0.2, 0.25) is 0 Å². The quantitative estimate of drug-likeness (QED) is 0.605. The number of amides is 2. The van der Waals surface area contributed by atoms with Gasteiger partial charge in [0.15, 0.2) is 12.3 Å². The van der Waals surface area contributed by atoms with Gasteiger partial charge < -0.3 is 15.4 Å². The first-order valence-corrected chi connectivity index (χ1v) is 7.80. The Hall–Kier alpha value is -3.68. The Balaban J connectivity index is 1.57. The summed E-state index contributed by atoms with van der Waals surface area (Å²) in [4.78, 5) is 35.5. The van der Waals surface area contributed by atoms with Gasteiger partial charge in [-0.3, -0.25) is 14.7 Å². The molecule has 1 aromatic heterocycles. The van der Waals surface area contributed by atoms with Crippen molar-refractivity contribution < 1.29 is 19.1 Å². The Morgan fingerprint density at radius 3 is 2.54 bits per heavy atom. The average molecular weight is 352 g/mol. The zero-order valence-electron chi connectivity index (χ0n) is 13.9. The zero-order valence-corrected chi connectivity index (χ0v) is 13.9. The number of carbonyl (C=O) groups is 3. The second-order valence-corrected chi connectivity index (χ2v) is 5.40. The van der Waals surface area contributed by atoms with E-state index in [1.54, 1.807) is 42.5 Å². The fourth-order valence-corrected chi connectivity index (χ4v) is 2.36. The number of H-pyrrole nitrogens is 1. The minimum absolute atomic E-state index is 0.128. The summed E-state index contributed by atoms with van der Waals surface area (Å²) < 4.78 is 5.01. The number of nitrogens with zero attached hydrogens (tertiary/aromatic N) is 1. The molecule has 0 unspecified atom stereocenters. The number of carbonyl (C=O) groups excluding carboxylic acids is 3. The summed E-state index contributed by atoms with van der Waals surface area (Å²) >= 11 is 0. The molecule has 3 aromatic rings. The number of aromatic nitrogens is 2. The Kier molecular flexibility index (Phi) is 4.93. The van der Waals surface area contributed by atoms with E-state index in [0.29, 0.717) is 22.2 Å². The molecule has 2 amide bonds. The van der Waals surface area contributed by atoms with Crippen molar-refractivity contribution >= 4 is 34.4 Å². The van der Waals surface area contributed by atoms with E-state index in [1.165, 1.54) is 7.05 Å². The van der Waals surface area contributed by atoms with E-state index >= 15 is 0 Å². The standard InChI is InChI=1S/C18H16N4O4/c1-19-17(24)11-6-8-12(9-7-11)20-15(23)10-26-18(25)16-13-4-2-3-5-14(13)21-22-16/h2-9H,10H2,1H3,(H,19,24)(H,20,23)(H,21,22). The Labute approximate surface area is 148 Å². The zero-order chi connectivity index (χ0) is 18.5. The molecule has 0 radical (unpaired) electrons. The average Bonchev–Trinajstić information content (AvgIpc) is 3.10. The van der Waals surface area contributed by atoms with Gasteiger partial charge in [-0.05, 0) is 30.3 Å². The lowest BCUT2D eigenvalue weighted by atomic mass is 10.2. The van der Waals surface area contributed by atoms with Crippen LogP contribution in [0.15, 0.2) is 48.5 Å². The number of para-hydroxylation sites is 1. The predicted molar refractivity (Wildman–Crippen MR) is 94.8 cm³/mol. The first-order chi connectivity index (χ1) is 12.6. The van der Waals surface area contributed by atoms with E-state index in [4.69, 9.17) is 4.74 Å². The van der Waals surface area contributed by atoms with Crippen molar-refractivity contribution in [3.63, 3.8) is 0 Å². The van der Waals surface area contributed by atoms with Gasteiger partial charge in [-0.1, -0.05) is 18.2 Å². The summed E-state index contributed by atoms with van der Waals surface area (Å²) in [5.41, 5.74) is 1.80. The molecule has 8 nitrogen and oxygen atoms in total. The number of hydrogen-bond acceptors (Lipinski definition) is 5. The van der Waals surface area contributed by atoms with Crippen molar-refractivity contribution in [1.82, 2.24) is 15.5 Å². The Morgan fingerprint density at radius 1 is 1.08 bits per heavy atom. The van der Waals surface area contributed by atoms with Crippen molar-refractivity contribution in [3.05, 3.63) is 59.8 Å². The van der Waals surface area contributed by atoms with Crippen LogP contribution in [0, 0.1) is 0 Å². The SMILES string of the molecule is CNC(=O)c1ccc(NC(=O)COC(=O)c2n[nH]c3ccccc23)cc1. The highest BCUT2D eigenvalue weighted by atomic mass is 16.5. The van der Waals surface area contributed by atoms with E-state index in [9.17, 15) is 14.4 Å². The van der Waals surface area contributed by atoms with Crippen molar-refractivity contribution in [2.75, 3.05) is 19.0 Å². The number of esters is 1. The fourth-order valence-electron chi connectivity index (χ4n) is 2.36. The molecule has 0 aliphatic heterocycles. The number of hydrogen-bond donors (Lipinski definition) is 3. The minimum Gasteiger partial charge on any atom is -0.451 e. The van der Waals surface area contributed by atoms with Crippen LogP contribution in [0.1, 0.15) is 20.8 Å². The summed E-state index contributed by atoms with van der Waals surface area (Å²) in [7, 11) is 1.54. The molecule has 0 saturated heterocycles. The second-order valence-electron chi connectivity index (χ2n) is 5.40. The number of benzene rings is 2. The van der Waals surface area contributed by atoms with Crippen molar-refractivity contribution in [1.29, 1.82) is 0 Å². The monoisotopic (exact) mass is 352 g/mol. The number of rotatable bonds is 5. The molecule has 0 bridgehead atoms. The molecule has 0 spiro atoms. The lowest BCUT2D eigenvalue weighted by molar-refractivity contribution is -0.119. The number of anilines is 1. The van der Waals surface area contributed by atoms with E-state index in [1.807, 2.05) is 6.07 Å². The van der Waals surface area contributed by atoms with Gasteiger partial charge in [0.25, 0.3) is 11.8 Å². The molecule has 0 saturated carbocycles. The summed E-state index contributed by atoms with van der Waals surface area (Å²) in [6, 6.07) is 13.5. The van der Waals surface area contributed by atoms with E-state index in [-0.39, 0.29) is 11.6 Å². The van der Waals surface area contributed by atoms with Crippen LogP contribution in [0.25, 0.3) is 10.9 Å². The van der Waals surface area contributed by atoms with E-state index in [2.05, 4.69) is 20.8 Å². The van der Waals surface area contributed by atoms with Crippen LogP contribution in [-0.2, 0) is 9.53 Å². The predicted octanol–water partition coefficient (Wildman–Crippen LogP) is 1.72. The number of ether oxygens (including phenoxy) is 1. The lowest BCUT2D eigenvalue weighted by Crippen LogP contribution is -2.21. The third kappa shape index (κ3) is 3.69. The molecule has 2 aromatic carbocycles. The van der Waals surface area contributed by atoms with Crippen LogP contribution < -0.4 is 10.6 Å². The molecule has 0 fully saturated rings. The normalized spacial score (nSPS) is 10.3. The lowest BCUT2D eigenvalue weighted by Gasteiger charge is -2.07. The van der Waals surface area contributed by atoms with Crippen molar-refractivity contribution in [3.8, 4) is 0 Å². The molecule has 1 heterocycles. The maximum absolute atomic E-state index is 12.1. The highest BCUT2D eigenvalue weighted by Crippen LogP contribution is 2.16. The first kappa shape index (κ1) is 17.2. The van der Waals surface area contributed by atoms with Gasteiger partial charge in [-0.2, -0.15) is 5.10 Å². The van der Waals surface area contributed by atoms with E-state index in [0.717, 1.165) is 0 Å². The van der Waals surface area contributed by atoms with Crippen molar-refractivity contribution in [2.24, 2.45) is 0 Å². The number of aromatic amines is 1. The maximum atomic E-state index is 12.1. The molecule has 3 rings (SSSR count). The smallest absolute Gasteiger partial charge is 0.359 e. The molecule has 8 heteroatoms. The van der Waals surface area contributed by atoms with Crippen LogP contribution in [0.2, 0.25) is 0 Å². The van der Waals surface area contributed by atoms with Gasteiger partial charge in [0.1, 0.15) is 0 Å². The summed E-state index contributed by atoms with van der Waals surface area (Å²) in [6.07, 6.45) is 0. The molecular formula is C18H16N4O4. The minimum atomic E-state index is -0.687. The van der Waals surface area contributed by atoms with Crippen LogP contribution in [0.4, 0.5) is 5.69 Å². The van der Waals surface area contributed by atoms with Crippen molar-refractivity contribution in [2.45, 2.75) is 0 Å². The van der Waals surface area contributed by atoms with Crippen LogP contribution in [0.3, 0.4) is 0 Å². The molecular weight excluding hydrogens is 336 g/mol. The summed E-state index contributed by atoms with van der Waals surface area (Å²) in [5.74, 6) is -1.40. The topological polar surface area (TPSA) is 113 Å². The maximum Gasteiger partial charge on any atom is 0.359 e. The molecule has 0 aliphatic carbocycles. The highest BCUT2D eigenvalue weighted by Gasteiger charge is 2.16. The van der Waals surface area contributed by atoms with Gasteiger partial charge in [-0.25, -0.2) is 4.79 Å². The van der Waals surface area contributed by atoms with Gasteiger partial charge in [0.05, 0.1) is 5.52 Å². The highest BCUT2D eigenvalue weighted by molar-refractivity contribution is 6.03. The number of nitrogens with one attached hydrogen (secondary N) is 3. The molecule has 132 valence electrons. The largest absolute Gasteiger partial charge is 0.451 e. The Bertz CT molecular complexity index is 963. The second kappa shape index (κ2) is 7.47. The van der Waals surface area contributed by atoms with Gasteiger partial charge >= 0.3 is 5.97 Å². The Morgan fingerprint density at radius 2 is 1.81 bits per heavy atom. The third-order valence-corrected chi connectivity index (χ3v) is 3.66. The van der Waals surface area contributed by atoms with Crippen LogP contribution >= 0.6 is 0 Å². The molecule has 0 atom stereocenters. The molecule has 3 N–H and O–H groups in total. The summed E-state index contributed by atoms with van der Waals surface area (Å²) in [6.45, 7) is -0.447. The van der Waals surface area contributed by atoms with E-state index < -0.39 is 18.5 Å². The summed E-state index contributed by atoms with van der Waals surface area (Å²) in [5, 5.41) is 12.4. The molecule has 0 aliphatic rings. The van der Waals surface area contributed by atoms with Gasteiger partial charge in [-0.15, -0.1) is 0 Å². The van der Waals surface area contributed by atoms with Crippen LogP contribution in [0.5, 0.6) is 0 Å². The third-order valence-electron chi connectivity index (χ3n) is 3.66. The fraction of sp³-hybridized carbons (Fsp3) is 0.111. The number of fused-ring (bicyclic) bond motifs is 1.